The minimum absolute atomic E-state index is 0.209. The Hall–Kier alpha value is -12.7. The molecule has 0 aliphatic carbocycles. The smallest absolute Gasteiger partial charge is 0.413 e. The lowest BCUT2D eigenvalue weighted by atomic mass is 10.3. The maximum absolute atomic E-state index is 7.21. The molecule has 6 aromatic heterocycles. The highest BCUT2D eigenvalue weighted by molar-refractivity contribution is 7.79. The summed E-state index contributed by atoms with van der Waals surface area (Å²) in [6, 6.07) is 61.4. The Labute approximate surface area is 547 Å². The fraction of sp³-hybridized carbons (Fsp3) is 0. The molecule has 1 aliphatic heterocycles. The van der Waals surface area contributed by atoms with Crippen LogP contribution in [0.2, 0.25) is 0 Å². The number of azo groups is 6. The molecule has 0 saturated carbocycles. The number of rotatable bonds is 24. The highest BCUT2D eigenvalue weighted by Crippen LogP contribution is 2.79. The average Bonchev–Trinajstić information content (AvgIpc) is 0.731. The Morgan fingerprint density at radius 3 is 0.396 bits per heavy atom. The first-order valence-electron chi connectivity index (χ1n) is 28.9. The lowest BCUT2D eigenvalue weighted by Crippen LogP contribution is -2.11. The topological polar surface area (TPSA) is 318 Å². The molecule has 1 aliphatic rings. The SMILES string of the molecule is c1cc(N=Nc2ccc(OP3(Oc4ccc(N=Nc5ccncc5)cc4)=NP(Oc4ccc(N=Nc5ccncc5)cc4)(Oc4ccc(N=Nc5ccncc5)cc4)=NP(Oc4ccc(N=Nc5ccncc5)cc4)(Oc4ccc(N=Nc5ccncc5)cc4)=N3)cc2)ccn1. The third-order valence-electron chi connectivity index (χ3n) is 12.7. The Balaban J connectivity index is 1.01. The highest BCUT2D eigenvalue weighted by atomic mass is 31.3. The minimum atomic E-state index is -4.52. The van der Waals surface area contributed by atoms with Crippen molar-refractivity contribution in [2.24, 2.45) is 74.9 Å². The fourth-order valence-corrected chi connectivity index (χ4v) is 17.2. The van der Waals surface area contributed by atoms with Crippen LogP contribution in [0.1, 0.15) is 0 Å². The van der Waals surface area contributed by atoms with Crippen molar-refractivity contribution >= 4 is 91.2 Å². The molecule has 7 heterocycles. The van der Waals surface area contributed by atoms with Gasteiger partial charge in [-0.25, -0.2) is 0 Å². The molecule has 30 heteroatoms. The minimum Gasteiger partial charge on any atom is -0.413 e. The first-order chi connectivity index (χ1) is 47.3. The van der Waals surface area contributed by atoms with Crippen LogP contribution < -0.4 is 27.1 Å². The molecular weight excluding hydrogens is 1280 g/mol. The summed E-state index contributed by atoms with van der Waals surface area (Å²) >= 11 is 0. The molecule has 13 rings (SSSR count). The second-order valence-corrected chi connectivity index (χ2v) is 25.9. The summed E-state index contributed by atoms with van der Waals surface area (Å²) in [6.45, 7) is 0. The summed E-state index contributed by atoms with van der Waals surface area (Å²) < 4.78 is 59.6. The monoisotopic (exact) mass is 1320 g/mol. The van der Waals surface area contributed by atoms with Crippen LogP contribution in [0.4, 0.5) is 68.2 Å². The van der Waals surface area contributed by atoms with Gasteiger partial charge in [0, 0.05) is 74.4 Å². The molecule has 0 N–H and O–H groups in total. The Morgan fingerprint density at radius 2 is 0.271 bits per heavy atom. The zero-order valence-corrected chi connectivity index (χ0v) is 52.6. The van der Waals surface area contributed by atoms with Crippen molar-refractivity contribution in [1.82, 2.24) is 29.9 Å². The molecule has 0 atom stereocenters. The lowest BCUT2D eigenvalue weighted by Gasteiger charge is -2.33. The van der Waals surface area contributed by atoms with Gasteiger partial charge in [-0.15, -0.1) is 0 Å². The molecule has 0 radical (unpaired) electrons. The standard InChI is InChI=1S/C66H48N21O6P3/c1-13-61(14-2-49(1)73-79-55-25-37-67-38-26-55)88-94(89-62-15-3-50(4-16-62)74-80-56-27-39-68-40-28-56)85-95(90-63-17-5-51(6-18-63)75-81-57-29-41-69-42-30-57,91-64-19-7-52(8-20-64)76-82-58-31-43-70-44-32-58)87-96(86-94,92-65-21-9-53(10-22-65)77-83-59-33-45-71-46-34-59)93-66-23-11-54(12-24-66)78-84-60-35-47-72-48-36-60/h1-48H. The van der Waals surface area contributed by atoms with Crippen LogP contribution in [0.5, 0.6) is 34.5 Å². The Morgan fingerprint density at radius 1 is 0.156 bits per heavy atom. The van der Waals surface area contributed by atoms with Crippen molar-refractivity contribution in [2.75, 3.05) is 0 Å². The average molecular weight is 1320 g/mol. The second-order valence-electron chi connectivity index (χ2n) is 19.7. The predicted octanol–water partition coefficient (Wildman–Crippen LogP) is 23.2. The molecule has 96 heavy (non-hydrogen) atoms. The van der Waals surface area contributed by atoms with Crippen molar-refractivity contribution in [3.63, 3.8) is 0 Å². The molecular formula is C66H48N21O6P3. The van der Waals surface area contributed by atoms with Crippen molar-refractivity contribution < 1.29 is 27.1 Å². The van der Waals surface area contributed by atoms with Crippen molar-refractivity contribution in [2.45, 2.75) is 0 Å². The van der Waals surface area contributed by atoms with E-state index in [-0.39, 0.29) is 34.5 Å². The molecule has 0 bridgehead atoms. The van der Waals surface area contributed by atoms with Gasteiger partial charge in [0.25, 0.3) is 0 Å². The lowest BCUT2D eigenvalue weighted by molar-refractivity contribution is 0.443. The number of benzene rings is 6. The van der Waals surface area contributed by atoms with Crippen LogP contribution in [0.25, 0.3) is 0 Å². The van der Waals surface area contributed by atoms with E-state index in [2.05, 4.69) is 91.3 Å². The highest BCUT2D eigenvalue weighted by Gasteiger charge is 2.49. The van der Waals surface area contributed by atoms with E-state index in [1.165, 1.54) is 0 Å². The number of hydrogen-bond donors (Lipinski definition) is 0. The second kappa shape index (κ2) is 30.2. The Kier molecular flexibility index (Phi) is 19.5. The molecule has 0 amide bonds. The summed E-state index contributed by atoms with van der Waals surface area (Å²) in [7, 11) is -13.6. The van der Waals surface area contributed by atoms with Crippen LogP contribution in [0.3, 0.4) is 0 Å². The molecule has 12 aromatic rings. The third kappa shape index (κ3) is 17.5. The van der Waals surface area contributed by atoms with Gasteiger partial charge in [0.15, 0.2) is 0 Å². The zero-order chi connectivity index (χ0) is 64.9. The van der Waals surface area contributed by atoms with E-state index in [1.54, 1.807) is 293 Å². The molecule has 0 spiro atoms. The van der Waals surface area contributed by atoms with Gasteiger partial charge >= 0.3 is 23.0 Å². The fourth-order valence-electron chi connectivity index (χ4n) is 8.18. The van der Waals surface area contributed by atoms with Crippen LogP contribution in [-0.4, -0.2) is 29.9 Å². The predicted molar refractivity (Wildman–Crippen MR) is 361 cm³/mol. The number of nitrogens with zero attached hydrogens (tertiary/aromatic N) is 21. The van der Waals surface area contributed by atoms with Crippen molar-refractivity contribution in [3.05, 3.63) is 293 Å². The molecule has 468 valence electrons. The maximum Gasteiger partial charge on any atom is 0.460 e. The van der Waals surface area contributed by atoms with E-state index in [9.17, 15) is 0 Å². The first kappa shape index (κ1) is 62.1. The summed E-state index contributed by atoms with van der Waals surface area (Å²) in [5, 5.41) is 53.2. The largest absolute Gasteiger partial charge is 0.460 e. The van der Waals surface area contributed by atoms with Gasteiger partial charge < -0.3 is 27.1 Å². The Bertz CT molecular complexity index is 4120. The van der Waals surface area contributed by atoms with Gasteiger partial charge in [0.2, 0.25) is 0 Å². The van der Waals surface area contributed by atoms with E-state index in [1.807, 2.05) is 0 Å². The number of aromatic nitrogens is 6. The molecule has 0 saturated heterocycles. The van der Waals surface area contributed by atoms with Crippen LogP contribution in [-0.2, 0) is 0 Å². The van der Waals surface area contributed by atoms with E-state index in [0.717, 1.165) is 0 Å². The normalized spacial score (nSPS) is 16.9. The maximum atomic E-state index is 7.21. The number of hydrogen-bond acceptors (Lipinski definition) is 27. The van der Waals surface area contributed by atoms with Gasteiger partial charge in [-0.2, -0.15) is 61.4 Å². The zero-order valence-electron chi connectivity index (χ0n) is 49.9. The van der Waals surface area contributed by atoms with Gasteiger partial charge in [0.05, 0.1) is 68.2 Å². The molecule has 6 aromatic carbocycles. The van der Waals surface area contributed by atoms with Crippen molar-refractivity contribution in [1.29, 1.82) is 0 Å². The summed E-state index contributed by atoms with van der Waals surface area (Å²) in [6.07, 6.45) is 19.5. The van der Waals surface area contributed by atoms with E-state index < -0.39 is 23.0 Å². The van der Waals surface area contributed by atoms with Gasteiger partial charge in [-0.3, -0.25) is 29.9 Å². The van der Waals surface area contributed by atoms with Crippen LogP contribution in [0.15, 0.2) is 368 Å². The summed E-state index contributed by atoms with van der Waals surface area (Å²) in [4.78, 5) is 24.6. The number of pyridine rings is 6. The molecule has 27 nitrogen and oxygen atoms in total. The van der Waals surface area contributed by atoms with E-state index >= 15 is 0 Å². The van der Waals surface area contributed by atoms with E-state index in [4.69, 9.17) is 40.7 Å². The quantitative estimate of drug-likeness (QED) is 0.0403. The molecule has 0 fully saturated rings. The third-order valence-corrected chi connectivity index (χ3v) is 20.8. The summed E-state index contributed by atoms with van der Waals surface area (Å²) in [5.74, 6) is 1.25. The van der Waals surface area contributed by atoms with Crippen LogP contribution in [0, 0.1) is 0 Å². The van der Waals surface area contributed by atoms with E-state index in [0.29, 0.717) is 68.2 Å². The van der Waals surface area contributed by atoms with Gasteiger partial charge in [0.1, 0.15) is 34.5 Å². The first-order valence-corrected chi connectivity index (χ1v) is 33.5. The van der Waals surface area contributed by atoms with Crippen molar-refractivity contribution in [3.8, 4) is 34.5 Å². The summed E-state index contributed by atoms with van der Waals surface area (Å²) in [5.41, 5.74) is 6.48. The molecule has 0 unspecified atom stereocenters. The van der Waals surface area contributed by atoms with Crippen LogP contribution >= 0.6 is 23.0 Å². The van der Waals surface area contributed by atoms with Gasteiger partial charge in [-0.05, 0) is 218 Å². The van der Waals surface area contributed by atoms with Gasteiger partial charge in [-0.1, -0.05) is 13.5 Å².